The lowest BCUT2D eigenvalue weighted by molar-refractivity contribution is 0.155. The van der Waals surface area contributed by atoms with E-state index in [-0.39, 0.29) is 5.75 Å². The van der Waals surface area contributed by atoms with Crippen LogP contribution in [0.2, 0.25) is 0 Å². The van der Waals surface area contributed by atoms with Crippen molar-refractivity contribution >= 4 is 10.9 Å². The van der Waals surface area contributed by atoms with Gasteiger partial charge in [-0.15, -0.1) is 0 Å². The summed E-state index contributed by atoms with van der Waals surface area (Å²) in [4.78, 5) is 6.21. The average molecular weight is 334 g/mol. The highest BCUT2D eigenvalue weighted by molar-refractivity contribution is 5.85. The second-order valence-electron chi connectivity index (χ2n) is 7.26. The molecule has 1 aromatic heterocycles. The lowest BCUT2D eigenvalue weighted by Crippen LogP contribution is -2.39. The molecular weight excluding hydrogens is 312 g/mol. The summed E-state index contributed by atoms with van der Waals surface area (Å²) in [7, 11) is 1.63. The van der Waals surface area contributed by atoms with E-state index in [1.165, 1.54) is 33.3 Å². The average Bonchev–Trinajstić information content (AvgIpc) is 2.98. The number of phenols is 1. The Labute approximate surface area is 147 Å². The third kappa shape index (κ3) is 2.10. The van der Waals surface area contributed by atoms with Crippen molar-refractivity contribution < 1.29 is 9.84 Å². The molecule has 0 unspecified atom stereocenters. The van der Waals surface area contributed by atoms with Crippen molar-refractivity contribution in [2.45, 2.75) is 32.4 Å². The smallest absolute Gasteiger partial charge is 0.165 e. The van der Waals surface area contributed by atoms with Crippen molar-refractivity contribution in [2.24, 2.45) is 0 Å². The van der Waals surface area contributed by atoms with E-state index in [1.54, 1.807) is 13.2 Å². The first kappa shape index (κ1) is 14.8. The largest absolute Gasteiger partial charge is 0.504 e. The van der Waals surface area contributed by atoms with Crippen LogP contribution in [0.25, 0.3) is 10.9 Å². The molecule has 4 heteroatoms. The van der Waals surface area contributed by atoms with Gasteiger partial charge in [-0.05, 0) is 48.6 Å². The highest BCUT2D eigenvalue weighted by atomic mass is 16.5. The predicted octanol–water partition coefficient (Wildman–Crippen LogP) is 3.85. The van der Waals surface area contributed by atoms with Gasteiger partial charge in [0.1, 0.15) is 0 Å². The minimum Gasteiger partial charge on any atom is -0.504 e. The molecule has 25 heavy (non-hydrogen) atoms. The van der Waals surface area contributed by atoms with Crippen LogP contribution in [0.1, 0.15) is 34.0 Å². The number of hydrogen-bond donors (Lipinski definition) is 2. The summed E-state index contributed by atoms with van der Waals surface area (Å²) >= 11 is 0. The molecule has 1 atom stereocenters. The molecule has 0 saturated carbocycles. The number of fused-ring (bicyclic) bond motifs is 6. The molecule has 2 aliphatic rings. The van der Waals surface area contributed by atoms with Crippen LogP contribution >= 0.6 is 0 Å². The Balaban J connectivity index is 1.63. The Morgan fingerprint density at radius 2 is 2.08 bits per heavy atom. The summed E-state index contributed by atoms with van der Waals surface area (Å²) in [6.45, 7) is 4.00. The predicted molar refractivity (Wildman–Crippen MR) is 98.3 cm³/mol. The fraction of sp³-hybridized carbons (Fsp3) is 0.333. The van der Waals surface area contributed by atoms with Crippen LogP contribution < -0.4 is 4.74 Å². The van der Waals surface area contributed by atoms with E-state index >= 15 is 0 Å². The Morgan fingerprint density at radius 3 is 2.92 bits per heavy atom. The third-order valence-electron chi connectivity index (χ3n) is 5.83. The zero-order valence-corrected chi connectivity index (χ0v) is 14.6. The van der Waals surface area contributed by atoms with Crippen molar-refractivity contribution in [3.05, 3.63) is 58.3 Å². The Bertz CT molecular complexity index is 989. The number of ether oxygens (including phenoxy) is 1. The first-order valence-corrected chi connectivity index (χ1v) is 8.88. The second kappa shape index (κ2) is 5.27. The van der Waals surface area contributed by atoms with Gasteiger partial charge >= 0.3 is 0 Å². The number of benzene rings is 2. The van der Waals surface area contributed by atoms with Crippen LogP contribution in [0.4, 0.5) is 0 Å². The van der Waals surface area contributed by atoms with E-state index in [9.17, 15) is 5.11 Å². The van der Waals surface area contributed by atoms with E-state index < -0.39 is 0 Å². The molecule has 0 aliphatic carbocycles. The number of aryl methyl sites for hydroxylation is 1. The third-order valence-corrected chi connectivity index (χ3v) is 5.83. The van der Waals surface area contributed by atoms with Gasteiger partial charge in [-0.3, -0.25) is 4.90 Å². The lowest BCUT2D eigenvalue weighted by atomic mass is 9.86. The molecule has 128 valence electrons. The zero-order chi connectivity index (χ0) is 17.1. The van der Waals surface area contributed by atoms with Crippen LogP contribution in [-0.4, -0.2) is 28.6 Å². The first-order chi connectivity index (χ1) is 12.2. The minimum absolute atomic E-state index is 0.235. The summed E-state index contributed by atoms with van der Waals surface area (Å²) in [6.07, 6.45) is 2.01. The van der Waals surface area contributed by atoms with E-state index in [2.05, 4.69) is 35.0 Å². The molecule has 2 aliphatic heterocycles. The van der Waals surface area contributed by atoms with E-state index in [0.717, 1.165) is 31.5 Å². The lowest BCUT2D eigenvalue weighted by Gasteiger charge is -2.40. The second-order valence-corrected chi connectivity index (χ2v) is 7.26. The summed E-state index contributed by atoms with van der Waals surface area (Å²) in [6, 6.07) is 10.9. The van der Waals surface area contributed by atoms with Crippen molar-refractivity contribution in [3.63, 3.8) is 0 Å². The zero-order valence-electron chi connectivity index (χ0n) is 14.6. The summed E-state index contributed by atoms with van der Waals surface area (Å²) in [5.41, 5.74) is 7.79. The molecule has 3 aromatic rings. The standard InChI is InChI=1S/C21H22N2O2/c1-12-3-5-14-15-7-8-23-11-16-13(4-6-19(24)21(16)25-2)10-18(23)20(15)22-17(14)9-12/h3-6,9,18,22,24H,7-8,10-11H2,1-2H3/t18-/m0/s1. The normalized spacial score (nSPS) is 19.4. The minimum atomic E-state index is 0.235. The number of nitrogens with zero attached hydrogens (tertiary/aromatic N) is 1. The van der Waals surface area contributed by atoms with Gasteiger partial charge in [0.2, 0.25) is 0 Å². The van der Waals surface area contributed by atoms with Crippen molar-refractivity contribution in [1.29, 1.82) is 0 Å². The summed E-state index contributed by atoms with van der Waals surface area (Å²) in [5.74, 6) is 0.868. The van der Waals surface area contributed by atoms with Gasteiger partial charge in [0, 0.05) is 35.2 Å². The maximum atomic E-state index is 10.1. The van der Waals surface area contributed by atoms with E-state index in [4.69, 9.17) is 4.74 Å². The quantitative estimate of drug-likeness (QED) is 0.711. The topological polar surface area (TPSA) is 48.5 Å². The molecule has 4 nitrogen and oxygen atoms in total. The van der Waals surface area contributed by atoms with Gasteiger partial charge in [0.05, 0.1) is 13.2 Å². The summed E-state index contributed by atoms with van der Waals surface area (Å²) < 4.78 is 5.47. The van der Waals surface area contributed by atoms with Crippen LogP contribution in [0.5, 0.6) is 11.5 Å². The fourth-order valence-electron chi connectivity index (χ4n) is 4.62. The molecule has 0 fully saturated rings. The molecule has 5 rings (SSSR count). The number of H-pyrrole nitrogens is 1. The number of aromatic nitrogens is 1. The molecule has 2 aromatic carbocycles. The van der Waals surface area contributed by atoms with Crippen molar-refractivity contribution in [3.8, 4) is 11.5 Å². The van der Waals surface area contributed by atoms with Gasteiger partial charge in [0.25, 0.3) is 0 Å². The molecule has 3 heterocycles. The van der Waals surface area contributed by atoms with Crippen LogP contribution in [0, 0.1) is 6.92 Å². The van der Waals surface area contributed by atoms with Crippen molar-refractivity contribution in [1.82, 2.24) is 9.88 Å². The molecule has 0 radical (unpaired) electrons. The maximum absolute atomic E-state index is 10.1. The maximum Gasteiger partial charge on any atom is 0.165 e. The number of aromatic amines is 1. The molecule has 0 saturated heterocycles. The van der Waals surface area contributed by atoms with Crippen LogP contribution in [-0.2, 0) is 19.4 Å². The molecule has 0 spiro atoms. The Kier molecular flexibility index (Phi) is 3.13. The highest BCUT2D eigenvalue weighted by Crippen LogP contribution is 2.44. The number of nitrogens with one attached hydrogen (secondary N) is 1. The summed E-state index contributed by atoms with van der Waals surface area (Å²) in [5, 5.41) is 11.5. The Hall–Kier alpha value is -2.46. The van der Waals surface area contributed by atoms with Gasteiger partial charge < -0.3 is 14.8 Å². The fourth-order valence-corrected chi connectivity index (χ4v) is 4.62. The number of methoxy groups -OCH3 is 1. The van der Waals surface area contributed by atoms with E-state index in [0.29, 0.717) is 11.8 Å². The number of aromatic hydroxyl groups is 1. The van der Waals surface area contributed by atoms with Gasteiger partial charge in [-0.25, -0.2) is 0 Å². The highest BCUT2D eigenvalue weighted by Gasteiger charge is 2.35. The van der Waals surface area contributed by atoms with Crippen LogP contribution in [0.15, 0.2) is 30.3 Å². The molecule has 0 bridgehead atoms. The molecule has 2 N–H and O–H groups in total. The molecular formula is C21H22N2O2. The van der Waals surface area contributed by atoms with Gasteiger partial charge in [-0.2, -0.15) is 0 Å². The Morgan fingerprint density at radius 1 is 1.20 bits per heavy atom. The number of hydrogen-bond acceptors (Lipinski definition) is 3. The SMILES string of the molecule is COc1c(O)ccc2c1CN1CCc3c([nH]c4cc(C)ccc34)[C@@H]1C2. The van der Waals surface area contributed by atoms with Gasteiger partial charge in [0.15, 0.2) is 11.5 Å². The number of phenolic OH excluding ortho intramolecular Hbond substituents is 1. The van der Waals surface area contributed by atoms with Gasteiger partial charge in [-0.1, -0.05) is 18.2 Å². The molecule has 0 amide bonds. The number of rotatable bonds is 1. The van der Waals surface area contributed by atoms with Crippen LogP contribution in [0.3, 0.4) is 0 Å². The monoisotopic (exact) mass is 334 g/mol. The van der Waals surface area contributed by atoms with Crippen molar-refractivity contribution in [2.75, 3.05) is 13.7 Å². The first-order valence-electron chi connectivity index (χ1n) is 8.88. The van der Waals surface area contributed by atoms with E-state index in [1.807, 2.05) is 6.07 Å².